The van der Waals surface area contributed by atoms with Crippen molar-refractivity contribution in [3.8, 4) is 0 Å². The van der Waals surface area contributed by atoms with Crippen molar-refractivity contribution in [3.05, 3.63) is 71.3 Å². The predicted octanol–water partition coefficient (Wildman–Crippen LogP) is 2.03. The first-order chi connectivity index (χ1) is 15.4. The lowest BCUT2D eigenvalue weighted by Crippen LogP contribution is -2.42. The second-order valence-electron chi connectivity index (χ2n) is 7.85. The van der Waals surface area contributed by atoms with Gasteiger partial charge in [-0.05, 0) is 24.0 Å². The van der Waals surface area contributed by atoms with Crippen LogP contribution in [-0.2, 0) is 25.7 Å². The van der Waals surface area contributed by atoms with Crippen LogP contribution in [0.25, 0.3) is 0 Å². The minimum Gasteiger partial charge on any atom is -0.467 e. The molecule has 8 heteroatoms. The SMILES string of the molecule is COC(=O)[C@H](NC(=O)[C@@H]1CCC[C@H]1C(=O)NCc1ccc(C(=N)N)cc1)c1ccccc1. The average molecular weight is 437 g/mol. The summed E-state index contributed by atoms with van der Waals surface area (Å²) in [6.45, 7) is 0.316. The number of benzene rings is 2. The van der Waals surface area contributed by atoms with Gasteiger partial charge in [-0.1, -0.05) is 61.0 Å². The normalized spacial score (nSPS) is 18.4. The summed E-state index contributed by atoms with van der Waals surface area (Å²) in [5.74, 6) is -2.05. The maximum atomic E-state index is 13.0. The number of nitrogens with two attached hydrogens (primary N) is 1. The number of carbonyl (C=O) groups is 3. The Morgan fingerprint density at radius 3 is 2.25 bits per heavy atom. The van der Waals surface area contributed by atoms with Gasteiger partial charge in [0.25, 0.3) is 0 Å². The fraction of sp³-hybridized carbons (Fsp3) is 0.333. The van der Waals surface area contributed by atoms with Gasteiger partial charge in [0.1, 0.15) is 5.84 Å². The zero-order chi connectivity index (χ0) is 23.1. The van der Waals surface area contributed by atoms with E-state index in [4.69, 9.17) is 15.9 Å². The van der Waals surface area contributed by atoms with Crippen molar-refractivity contribution in [1.82, 2.24) is 10.6 Å². The number of hydrogen-bond donors (Lipinski definition) is 4. The summed E-state index contributed by atoms with van der Waals surface area (Å²) in [5, 5.41) is 13.1. The molecule has 0 unspecified atom stereocenters. The number of ether oxygens (including phenoxy) is 1. The Hall–Kier alpha value is -3.68. The average Bonchev–Trinajstić information content (AvgIpc) is 3.31. The standard InChI is InChI=1S/C24H28N4O4/c1-32-24(31)20(16-6-3-2-4-7-16)28-23(30)19-9-5-8-18(19)22(29)27-14-15-10-12-17(13-11-15)21(25)26/h2-4,6-7,10-13,18-20H,5,8-9,14H2,1H3,(H3,25,26)(H,27,29)(H,28,30)/t18-,19-,20-/m1/s1. The van der Waals surface area contributed by atoms with Crippen molar-refractivity contribution in [2.45, 2.75) is 31.8 Å². The predicted molar refractivity (Wildman–Crippen MR) is 119 cm³/mol. The summed E-state index contributed by atoms with van der Waals surface area (Å²) in [4.78, 5) is 38.1. The van der Waals surface area contributed by atoms with Crippen LogP contribution in [0.5, 0.6) is 0 Å². The molecule has 2 aromatic rings. The van der Waals surface area contributed by atoms with Gasteiger partial charge in [-0.15, -0.1) is 0 Å². The molecule has 5 N–H and O–H groups in total. The first-order valence-electron chi connectivity index (χ1n) is 10.5. The first-order valence-corrected chi connectivity index (χ1v) is 10.5. The van der Waals surface area contributed by atoms with Gasteiger partial charge >= 0.3 is 5.97 Å². The van der Waals surface area contributed by atoms with Gasteiger partial charge in [0.05, 0.1) is 7.11 Å². The van der Waals surface area contributed by atoms with Crippen LogP contribution >= 0.6 is 0 Å². The second-order valence-corrected chi connectivity index (χ2v) is 7.85. The zero-order valence-electron chi connectivity index (χ0n) is 18.0. The van der Waals surface area contributed by atoms with Crippen LogP contribution in [-0.4, -0.2) is 30.7 Å². The van der Waals surface area contributed by atoms with E-state index in [-0.39, 0.29) is 17.6 Å². The summed E-state index contributed by atoms with van der Waals surface area (Å²) in [5.41, 5.74) is 7.57. The Bertz CT molecular complexity index is 975. The van der Waals surface area contributed by atoms with Crippen molar-refractivity contribution in [3.63, 3.8) is 0 Å². The van der Waals surface area contributed by atoms with Crippen LogP contribution in [0.15, 0.2) is 54.6 Å². The molecule has 2 aromatic carbocycles. The van der Waals surface area contributed by atoms with Gasteiger partial charge in [0.15, 0.2) is 6.04 Å². The topological polar surface area (TPSA) is 134 Å². The van der Waals surface area contributed by atoms with Crippen LogP contribution in [0, 0.1) is 17.2 Å². The summed E-state index contributed by atoms with van der Waals surface area (Å²) in [7, 11) is 1.28. The molecule has 3 rings (SSSR count). The molecule has 168 valence electrons. The number of amidine groups is 1. The van der Waals surface area contributed by atoms with Crippen LogP contribution in [0.4, 0.5) is 0 Å². The van der Waals surface area contributed by atoms with E-state index in [9.17, 15) is 14.4 Å². The number of carbonyl (C=O) groups excluding carboxylic acids is 3. The van der Waals surface area contributed by atoms with Gasteiger partial charge in [0.2, 0.25) is 11.8 Å². The molecule has 2 amide bonds. The molecule has 0 radical (unpaired) electrons. The van der Waals surface area contributed by atoms with Crippen molar-refractivity contribution in [2.24, 2.45) is 17.6 Å². The maximum absolute atomic E-state index is 13.0. The number of hydrogen-bond acceptors (Lipinski definition) is 5. The highest BCUT2D eigenvalue weighted by Crippen LogP contribution is 2.33. The van der Waals surface area contributed by atoms with Crippen LogP contribution < -0.4 is 16.4 Å². The molecule has 0 aliphatic heterocycles. The van der Waals surface area contributed by atoms with E-state index in [1.165, 1.54) is 7.11 Å². The van der Waals surface area contributed by atoms with Gasteiger partial charge < -0.3 is 21.1 Å². The van der Waals surface area contributed by atoms with Crippen LogP contribution in [0.2, 0.25) is 0 Å². The van der Waals surface area contributed by atoms with E-state index in [0.717, 1.165) is 12.0 Å². The number of nitrogens with one attached hydrogen (secondary N) is 3. The Balaban J connectivity index is 1.63. The van der Waals surface area contributed by atoms with Crippen molar-refractivity contribution in [2.75, 3.05) is 7.11 Å². The summed E-state index contributed by atoms with van der Waals surface area (Å²) in [6, 6.07) is 15.0. The molecule has 0 saturated heterocycles. The van der Waals surface area contributed by atoms with Crippen molar-refractivity contribution < 1.29 is 19.1 Å². The number of rotatable bonds is 8. The molecule has 1 aliphatic carbocycles. The monoisotopic (exact) mass is 436 g/mol. The minimum absolute atomic E-state index is 0.0128. The lowest BCUT2D eigenvalue weighted by Gasteiger charge is -2.22. The Kier molecular flexibility index (Phi) is 7.59. The Morgan fingerprint density at radius 1 is 1.03 bits per heavy atom. The maximum Gasteiger partial charge on any atom is 0.333 e. The van der Waals surface area contributed by atoms with Crippen molar-refractivity contribution in [1.29, 1.82) is 5.41 Å². The number of nitrogen functional groups attached to an aromatic ring is 1. The van der Waals surface area contributed by atoms with Crippen LogP contribution in [0.1, 0.15) is 42.0 Å². The minimum atomic E-state index is -0.919. The molecule has 0 bridgehead atoms. The summed E-state index contributed by atoms with van der Waals surface area (Å²) >= 11 is 0. The molecule has 0 heterocycles. The molecule has 8 nitrogen and oxygen atoms in total. The van der Waals surface area contributed by atoms with Crippen molar-refractivity contribution >= 4 is 23.6 Å². The number of methoxy groups -OCH3 is 1. The highest BCUT2D eigenvalue weighted by atomic mass is 16.5. The highest BCUT2D eigenvalue weighted by molar-refractivity contribution is 5.95. The molecule has 1 saturated carbocycles. The lowest BCUT2D eigenvalue weighted by atomic mass is 9.93. The highest BCUT2D eigenvalue weighted by Gasteiger charge is 2.39. The van der Waals surface area contributed by atoms with E-state index in [1.807, 2.05) is 6.07 Å². The van der Waals surface area contributed by atoms with E-state index in [2.05, 4.69) is 10.6 Å². The third kappa shape index (κ3) is 5.51. The largest absolute Gasteiger partial charge is 0.467 e. The molecule has 1 fully saturated rings. The first kappa shape index (κ1) is 23.0. The summed E-state index contributed by atoms with van der Waals surface area (Å²) in [6.07, 6.45) is 1.96. The Morgan fingerprint density at radius 2 is 1.66 bits per heavy atom. The molecule has 32 heavy (non-hydrogen) atoms. The Labute approximate surface area is 187 Å². The smallest absolute Gasteiger partial charge is 0.333 e. The van der Waals surface area contributed by atoms with Gasteiger partial charge in [-0.2, -0.15) is 0 Å². The van der Waals surface area contributed by atoms with E-state index >= 15 is 0 Å². The lowest BCUT2D eigenvalue weighted by molar-refractivity contribution is -0.146. The van der Waals surface area contributed by atoms with Gasteiger partial charge in [0, 0.05) is 23.9 Å². The molecular weight excluding hydrogens is 408 g/mol. The molecule has 3 atom stereocenters. The number of amides is 2. The third-order valence-corrected chi connectivity index (χ3v) is 5.78. The fourth-order valence-electron chi connectivity index (χ4n) is 4.00. The van der Waals surface area contributed by atoms with Gasteiger partial charge in [-0.3, -0.25) is 15.0 Å². The zero-order valence-corrected chi connectivity index (χ0v) is 18.0. The third-order valence-electron chi connectivity index (χ3n) is 5.78. The molecule has 0 spiro atoms. The summed E-state index contributed by atoms with van der Waals surface area (Å²) < 4.78 is 4.86. The van der Waals surface area contributed by atoms with E-state index < -0.39 is 23.8 Å². The molecule has 0 aromatic heterocycles. The molecular formula is C24H28N4O4. The van der Waals surface area contributed by atoms with E-state index in [1.54, 1.807) is 48.5 Å². The fourth-order valence-corrected chi connectivity index (χ4v) is 4.00. The van der Waals surface area contributed by atoms with Gasteiger partial charge in [-0.25, -0.2) is 4.79 Å². The van der Waals surface area contributed by atoms with Crippen LogP contribution in [0.3, 0.4) is 0 Å². The second kappa shape index (κ2) is 10.6. The number of esters is 1. The molecule has 1 aliphatic rings. The van der Waals surface area contributed by atoms with E-state index in [0.29, 0.717) is 30.5 Å². The quantitative estimate of drug-likeness (QED) is 0.285.